The highest BCUT2D eigenvalue weighted by molar-refractivity contribution is 9.10. The summed E-state index contributed by atoms with van der Waals surface area (Å²) in [6, 6.07) is 4.03. The number of carboxylic acids is 2. The molecule has 4 N–H and O–H groups in total. The maximum Gasteiger partial charge on any atom is 0.335 e. The van der Waals surface area contributed by atoms with Crippen LogP contribution in [0.2, 0.25) is 0 Å². The number of halogens is 1. The third kappa shape index (κ3) is 2.23. The fourth-order valence-electron chi connectivity index (χ4n) is 1.18. The summed E-state index contributed by atoms with van der Waals surface area (Å²) in [6.45, 7) is 1.34. The standard InChI is InChI=1S/C10H10BrNO4/c1-10(12,9(15)16)6-3-2-5(8(13)14)4-7(6)11/h2-4H,12H2,1H3,(H,13,14)(H,15,16)/t10-/m1/s1. The molecule has 0 bridgehead atoms. The number of hydrogen-bond donors (Lipinski definition) is 3. The van der Waals surface area contributed by atoms with E-state index < -0.39 is 17.5 Å². The normalized spacial score (nSPS) is 14.2. The van der Waals surface area contributed by atoms with Gasteiger partial charge in [0.25, 0.3) is 0 Å². The first-order valence-electron chi connectivity index (χ1n) is 4.32. The third-order valence-corrected chi connectivity index (χ3v) is 2.88. The van der Waals surface area contributed by atoms with Crippen LogP contribution in [0.3, 0.4) is 0 Å². The summed E-state index contributed by atoms with van der Waals surface area (Å²) in [4.78, 5) is 21.6. The van der Waals surface area contributed by atoms with E-state index in [1.165, 1.54) is 25.1 Å². The van der Waals surface area contributed by atoms with Crippen LogP contribution in [-0.4, -0.2) is 22.2 Å². The Bertz CT molecular complexity index is 456. The minimum absolute atomic E-state index is 0.0665. The minimum atomic E-state index is -1.56. The van der Waals surface area contributed by atoms with Crippen molar-refractivity contribution < 1.29 is 19.8 Å². The molecule has 0 heterocycles. The molecule has 1 aromatic carbocycles. The zero-order valence-corrected chi connectivity index (χ0v) is 9.98. The fourth-order valence-corrected chi connectivity index (χ4v) is 1.98. The van der Waals surface area contributed by atoms with Crippen molar-refractivity contribution in [1.29, 1.82) is 0 Å². The summed E-state index contributed by atoms with van der Waals surface area (Å²) in [5.41, 5.74) is 4.46. The molecule has 1 atom stereocenters. The Morgan fingerprint density at radius 2 is 1.94 bits per heavy atom. The first-order chi connectivity index (χ1) is 7.26. The lowest BCUT2D eigenvalue weighted by atomic mass is 9.92. The summed E-state index contributed by atoms with van der Waals surface area (Å²) in [6.07, 6.45) is 0. The molecule has 86 valence electrons. The average Bonchev–Trinajstić information content (AvgIpc) is 2.16. The van der Waals surface area contributed by atoms with E-state index in [0.29, 0.717) is 10.0 Å². The molecule has 1 rings (SSSR count). The Labute approximate surface area is 100 Å². The molecular weight excluding hydrogens is 278 g/mol. The maximum atomic E-state index is 10.9. The zero-order valence-electron chi connectivity index (χ0n) is 8.40. The first kappa shape index (κ1) is 12.7. The van der Waals surface area contributed by atoms with Crippen LogP contribution in [0, 0.1) is 0 Å². The summed E-state index contributed by atoms with van der Waals surface area (Å²) >= 11 is 3.11. The fraction of sp³-hybridized carbons (Fsp3) is 0.200. The Morgan fingerprint density at radius 3 is 2.31 bits per heavy atom. The van der Waals surface area contributed by atoms with Crippen LogP contribution in [0.5, 0.6) is 0 Å². The van der Waals surface area contributed by atoms with Gasteiger partial charge in [0, 0.05) is 4.47 Å². The quantitative estimate of drug-likeness (QED) is 0.780. The number of carbonyl (C=O) groups is 2. The SMILES string of the molecule is C[C@](N)(C(=O)O)c1ccc(C(=O)O)cc1Br. The summed E-state index contributed by atoms with van der Waals surface area (Å²) in [5.74, 6) is -2.27. The van der Waals surface area contributed by atoms with Gasteiger partial charge in [-0.25, -0.2) is 9.59 Å². The van der Waals surface area contributed by atoms with Crippen LogP contribution >= 0.6 is 15.9 Å². The van der Waals surface area contributed by atoms with Crippen LogP contribution in [0.15, 0.2) is 22.7 Å². The van der Waals surface area contributed by atoms with Gasteiger partial charge in [0.2, 0.25) is 0 Å². The van der Waals surface area contributed by atoms with Gasteiger partial charge in [0.15, 0.2) is 0 Å². The molecule has 0 saturated carbocycles. The lowest BCUT2D eigenvalue weighted by molar-refractivity contribution is -0.143. The van der Waals surface area contributed by atoms with Gasteiger partial charge in [-0.3, -0.25) is 0 Å². The van der Waals surface area contributed by atoms with Gasteiger partial charge in [-0.2, -0.15) is 0 Å². The monoisotopic (exact) mass is 287 g/mol. The number of carboxylic acid groups (broad SMARTS) is 2. The number of aliphatic carboxylic acids is 1. The van der Waals surface area contributed by atoms with Crippen molar-refractivity contribution >= 4 is 27.9 Å². The van der Waals surface area contributed by atoms with Crippen molar-refractivity contribution in [2.24, 2.45) is 5.73 Å². The average molecular weight is 288 g/mol. The number of benzene rings is 1. The minimum Gasteiger partial charge on any atom is -0.480 e. The molecular formula is C10H10BrNO4. The van der Waals surface area contributed by atoms with Crippen molar-refractivity contribution in [3.63, 3.8) is 0 Å². The van der Waals surface area contributed by atoms with E-state index in [0.717, 1.165) is 0 Å². The Balaban J connectivity index is 3.28. The highest BCUT2D eigenvalue weighted by atomic mass is 79.9. The molecule has 6 heteroatoms. The second-order valence-corrected chi connectivity index (χ2v) is 4.36. The van der Waals surface area contributed by atoms with Crippen molar-refractivity contribution in [1.82, 2.24) is 0 Å². The molecule has 0 unspecified atom stereocenters. The van der Waals surface area contributed by atoms with Gasteiger partial charge in [-0.05, 0) is 24.6 Å². The van der Waals surface area contributed by atoms with Crippen molar-refractivity contribution in [3.8, 4) is 0 Å². The van der Waals surface area contributed by atoms with E-state index in [1.54, 1.807) is 0 Å². The van der Waals surface area contributed by atoms with Gasteiger partial charge in [-0.1, -0.05) is 22.0 Å². The zero-order chi connectivity index (χ0) is 12.5. The summed E-state index contributed by atoms with van der Waals surface area (Å²) < 4.78 is 0.361. The Kier molecular flexibility index (Phi) is 3.35. The van der Waals surface area contributed by atoms with Crippen LogP contribution < -0.4 is 5.73 Å². The van der Waals surface area contributed by atoms with E-state index in [2.05, 4.69) is 15.9 Å². The highest BCUT2D eigenvalue weighted by Gasteiger charge is 2.32. The molecule has 0 aliphatic carbocycles. The molecule has 1 aromatic rings. The number of nitrogens with two attached hydrogens (primary N) is 1. The lowest BCUT2D eigenvalue weighted by Crippen LogP contribution is -2.42. The predicted octanol–water partition coefficient (Wildman–Crippen LogP) is 1.41. The predicted molar refractivity (Wildman–Crippen MR) is 60.3 cm³/mol. The maximum absolute atomic E-state index is 10.9. The van der Waals surface area contributed by atoms with E-state index in [-0.39, 0.29) is 5.56 Å². The van der Waals surface area contributed by atoms with Gasteiger partial charge in [0.05, 0.1) is 5.56 Å². The van der Waals surface area contributed by atoms with Crippen LogP contribution in [0.4, 0.5) is 0 Å². The summed E-state index contributed by atoms with van der Waals surface area (Å²) in [5, 5.41) is 17.7. The van der Waals surface area contributed by atoms with Gasteiger partial charge >= 0.3 is 11.9 Å². The molecule has 0 saturated heterocycles. The van der Waals surface area contributed by atoms with Crippen molar-refractivity contribution in [3.05, 3.63) is 33.8 Å². The molecule has 16 heavy (non-hydrogen) atoms. The van der Waals surface area contributed by atoms with Crippen LogP contribution in [0.25, 0.3) is 0 Å². The molecule has 5 nitrogen and oxygen atoms in total. The molecule has 0 amide bonds. The second kappa shape index (κ2) is 4.23. The Hall–Kier alpha value is -1.40. The smallest absolute Gasteiger partial charge is 0.335 e. The van der Waals surface area contributed by atoms with E-state index in [1.807, 2.05) is 0 Å². The van der Waals surface area contributed by atoms with Crippen LogP contribution in [-0.2, 0) is 10.3 Å². The van der Waals surface area contributed by atoms with Gasteiger partial charge < -0.3 is 15.9 Å². The van der Waals surface area contributed by atoms with Gasteiger partial charge in [-0.15, -0.1) is 0 Å². The molecule has 0 radical (unpaired) electrons. The topological polar surface area (TPSA) is 101 Å². The second-order valence-electron chi connectivity index (χ2n) is 3.51. The van der Waals surface area contributed by atoms with Gasteiger partial charge in [0.1, 0.15) is 5.54 Å². The number of rotatable bonds is 3. The first-order valence-corrected chi connectivity index (χ1v) is 5.11. The van der Waals surface area contributed by atoms with E-state index in [4.69, 9.17) is 15.9 Å². The van der Waals surface area contributed by atoms with Crippen molar-refractivity contribution in [2.75, 3.05) is 0 Å². The van der Waals surface area contributed by atoms with E-state index >= 15 is 0 Å². The lowest BCUT2D eigenvalue weighted by Gasteiger charge is -2.21. The molecule has 0 spiro atoms. The summed E-state index contributed by atoms with van der Waals surface area (Å²) in [7, 11) is 0. The number of aromatic carboxylic acids is 1. The highest BCUT2D eigenvalue weighted by Crippen LogP contribution is 2.27. The molecule has 0 aromatic heterocycles. The third-order valence-electron chi connectivity index (χ3n) is 2.22. The van der Waals surface area contributed by atoms with E-state index in [9.17, 15) is 9.59 Å². The molecule has 0 aliphatic heterocycles. The Morgan fingerprint density at radius 1 is 1.38 bits per heavy atom. The van der Waals surface area contributed by atoms with Crippen molar-refractivity contribution in [2.45, 2.75) is 12.5 Å². The van der Waals surface area contributed by atoms with Crippen LogP contribution in [0.1, 0.15) is 22.8 Å². The molecule has 0 fully saturated rings. The molecule has 0 aliphatic rings. The number of hydrogen-bond acceptors (Lipinski definition) is 3. The largest absolute Gasteiger partial charge is 0.480 e.